The van der Waals surface area contributed by atoms with Crippen LogP contribution in [0.15, 0.2) is 73.6 Å². The van der Waals surface area contributed by atoms with E-state index < -0.39 is 27.9 Å². The molecule has 0 aliphatic rings. The SMILES string of the molecule is CC(C)N(c1ccnc(N[C@@H](C)c2cc3cc(Cl)ccc3[nH]c2=O)n1)S(=O)(=O)c1ccc2c(c1)oc(=O)n2C. The maximum Gasteiger partial charge on any atom is 0.419 e. The van der Waals surface area contributed by atoms with Gasteiger partial charge in [-0.1, -0.05) is 11.6 Å². The minimum atomic E-state index is -4.10. The number of nitrogens with one attached hydrogen (secondary N) is 2. The molecule has 0 aliphatic carbocycles. The molecule has 2 N–H and O–H groups in total. The molecular weight excluding hydrogens is 544 g/mol. The average molecular weight is 569 g/mol. The lowest BCUT2D eigenvalue weighted by atomic mass is 10.1. The van der Waals surface area contributed by atoms with Crippen molar-refractivity contribution in [2.75, 3.05) is 9.62 Å². The van der Waals surface area contributed by atoms with Crippen molar-refractivity contribution in [2.45, 2.75) is 37.8 Å². The number of aromatic amines is 1. The highest BCUT2D eigenvalue weighted by atomic mass is 35.5. The molecule has 0 spiro atoms. The molecule has 13 heteroatoms. The van der Waals surface area contributed by atoms with Crippen LogP contribution in [0.4, 0.5) is 11.8 Å². The van der Waals surface area contributed by atoms with Gasteiger partial charge in [0.05, 0.1) is 16.5 Å². The van der Waals surface area contributed by atoms with Crippen molar-refractivity contribution in [2.24, 2.45) is 7.05 Å². The van der Waals surface area contributed by atoms with Gasteiger partial charge in [-0.3, -0.25) is 9.36 Å². The normalized spacial score (nSPS) is 12.8. The lowest BCUT2D eigenvalue weighted by molar-refractivity contribution is 0.527. The van der Waals surface area contributed by atoms with E-state index in [4.69, 9.17) is 16.0 Å². The third-order valence-corrected chi connectivity index (χ3v) is 8.51. The standard InChI is InChI=1S/C26H25ClN6O5S/c1-14(2)33(39(36,37)18-6-8-21-22(13-18)38-26(35)32(21)4)23-9-10-28-25(31-23)29-15(3)19-12-16-11-17(27)5-7-20(16)30-24(19)34/h5-15H,1-4H3,(H,30,34)(H,28,29,31)/t15-/m0/s1. The van der Waals surface area contributed by atoms with Gasteiger partial charge in [-0.2, -0.15) is 4.98 Å². The van der Waals surface area contributed by atoms with Gasteiger partial charge in [-0.05, 0) is 57.2 Å². The lowest BCUT2D eigenvalue weighted by Crippen LogP contribution is -2.37. The minimum absolute atomic E-state index is 0.0547. The fourth-order valence-corrected chi connectivity index (χ4v) is 6.19. The first-order chi connectivity index (χ1) is 18.5. The maximum atomic E-state index is 13.7. The Balaban J connectivity index is 1.48. The largest absolute Gasteiger partial charge is 0.419 e. The Morgan fingerprint density at radius 1 is 1.08 bits per heavy atom. The number of sulfonamides is 1. The molecule has 3 aromatic heterocycles. The third-order valence-electron chi connectivity index (χ3n) is 6.30. The summed E-state index contributed by atoms with van der Waals surface area (Å²) in [6, 6.07) is 11.6. The number of nitrogens with zero attached hydrogens (tertiary/aromatic N) is 4. The highest BCUT2D eigenvalue weighted by Crippen LogP contribution is 2.28. The smallest absolute Gasteiger partial charge is 0.408 e. The Labute approximate surface area is 228 Å². The van der Waals surface area contributed by atoms with Crippen molar-refractivity contribution in [3.63, 3.8) is 0 Å². The van der Waals surface area contributed by atoms with Crippen LogP contribution in [0.3, 0.4) is 0 Å². The van der Waals surface area contributed by atoms with Gasteiger partial charge in [0.25, 0.3) is 15.6 Å². The molecule has 1 atom stereocenters. The van der Waals surface area contributed by atoms with Gasteiger partial charge in [-0.15, -0.1) is 0 Å². The van der Waals surface area contributed by atoms with Crippen LogP contribution >= 0.6 is 11.6 Å². The number of H-pyrrole nitrogens is 1. The molecule has 0 unspecified atom stereocenters. The number of hydrogen-bond acceptors (Lipinski definition) is 8. The number of oxazole rings is 1. The van der Waals surface area contributed by atoms with E-state index >= 15 is 0 Å². The molecule has 0 saturated carbocycles. The van der Waals surface area contributed by atoms with Crippen molar-refractivity contribution >= 4 is 55.4 Å². The van der Waals surface area contributed by atoms with Crippen LogP contribution in [-0.4, -0.2) is 34.0 Å². The van der Waals surface area contributed by atoms with Gasteiger partial charge >= 0.3 is 5.76 Å². The van der Waals surface area contributed by atoms with Gasteiger partial charge in [0.15, 0.2) is 5.58 Å². The van der Waals surface area contributed by atoms with E-state index in [9.17, 15) is 18.0 Å². The summed E-state index contributed by atoms with van der Waals surface area (Å²) >= 11 is 6.11. The predicted molar refractivity (Wildman–Crippen MR) is 150 cm³/mol. The van der Waals surface area contributed by atoms with Gasteiger partial charge in [0, 0.05) is 52.9 Å². The van der Waals surface area contributed by atoms with E-state index in [1.54, 1.807) is 52.1 Å². The van der Waals surface area contributed by atoms with Crippen molar-refractivity contribution in [1.82, 2.24) is 19.5 Å². The fourth-order valence-electron chi connectivity index (χ4n) is 4.38. The molecule has 0 bridgehead atoms. The number of halogens is 1. The maximum absolute atomic E-state index is 13.7. The molecule has 202 valence electrons. The van der Waals surface area contributed by atoms with Gasteiger partial charge in [-0.25, -0.2) is 22.5 Å². The van der Waals surface area contributed by atoms with Crippen molar-refractivity contribution in [3.8, 4) is 0 Å². The summed E-state index contributed by atoms with van der Waals surface area (Å²) in [4.78, 5) is 36.1. The summed E-state index contributed by atoms with van der Waals surface area (Å²) in [6.07, 6.45) is 1.44. The van der Waals surface area contributed by atoms with E-state index in [2.05, 4.69) is 20.3 Å². The molecule has 11 nitrogen and oxygen atoms in total. The Kier molecular flexibility index (Phi) is 6.69. The number of aromatic nitrogens is 4. The zero-order valence-electron chi connectivity index (χ0n) is 21.5. The minimum Gasteiger partial charge on any atom is -0.408 e. The second-order valence-corrected chi connectivity index (χ2v) is 11.6. The summed E-state index contributed by atoms with van der Waals surface area (Å²) in [5.41, 5.74) is 1.45. The second kappa shape index (κ2) is 9.86. The summed E-state index contributed by atoms with van der Waals surface area (Å²) < 4.78 is 35.1. The first-order valence-electron chi connectivity index (χ1n) is 12.0. The summed E-state index contributed by atoms with van der Waals surface area (Å²) in [6.45, 7) is 5.21. The molecule has 3 heterocycles. The quantitative estimate of drug-likeness (QED) is 0.297. The topological polar surface area (TPSA) is 143 Å². The zero-order chi connectivity index (χ0) is 28.1. The number of rotatable bonds is 7. The number of benzene rings is 2. The van der Waals surface area contributed by atoms with Crippen molar-refractivity contribution < 1.29 is 12.8 Å². The molecule has 0 fully saturated rings. The monoisotopic (exact) mass is 568 g/mol. The molecule has 5 rings (SSSR count). The highest BCUT2D eigenvalue weighted by molar-refractivity contribution is 7.92. The van der Waals surface area contributed by atoms with Crippen molar-refractivity contribution in [1.29, 1.82) is 0 Å². The molecular formula is C26H25ClN6O5S. The number of pyridine rings is 1. The fraction of sp³-hybridized carbons (Fsp3) is 0.231. The van der Waals surface area contributed by atoms with Crippen LogP contribution in [0.2, 0.25) is 5.02 Å². The number of hydrogen-bond donors (Lipinski definition) is 2. The van der Waals surface area contributed by atoms with Crippen LogP contribution in [0.25, 0.3) is 22.0 Å². The Morgan fingerprint density at radius 2 is 1.85 bits per heavy atom. The average Bonchev–Trinajstić information content (AvgIpc) is 3.16. The third kappa shape index (κ3) is 4.88. The lowest BCUT2D eigenvalue weighted by Gasteiger charge is -2.27. The van der Waals surface area contributed by atoms with E-state index in [-0.39, 0.29) is 27.8 Å². The van der Waals surface area contributed by atoms with Crippen LogP contribution < -0.4 is 20.9 Å². The molecule has 2 aromatic carbocycles. The van der Waals surface area contributed by atoms with E-state index in [1.807, 2.05) is 0 Å². The summed E-state index contributed by atoms with van der Waals surface area (Å²) in [5, 5.41) is 4.40. The zero-order valence-corrected chi connectivity index (χ0v) is 23.0. The van der Waals surface area contributed by atoms with E-state index in [0.717, 1.165) is 9.69 Å². The number of aryl methyl sites for hydroxylation is 1. The van der Waals surface area contributed by atoms with Crippen LogP contribution in [-0.2, 0) is 17.1 Å². The predicted octanol–water partition coefficient (Wildman–Crippen LogP) is 4.19. The van der Waals surface area contributed by atoms with Gasteiger partial charge in [0.2, 0.25) is 5.95 Å². The Hall–Kier alpha value is -4.16. The molecule has 0 radical (unpaired) electrons. The van der Waals surface area contributed by atoms with Crippen LogP contribution in [0.5, 0.6) is 0 Å². The Bertz CT molecular complexity index is 1950. The summed E-state index contributed by atoms with van der Waals surface area (Å²) in [5.74, 6) is -0.325. The molecule has 5 aromatic rings. The summed E-state index contributed by atoms with van der Waals surface area (Å²) in [7, 11) is -2.56. The molecule has 0 aliphatic heterocycles. The molecule has 0 amide bonds. The van der Waals surface area contributed by atoms with Crippen LogP contribution in [0, 0.1) is 0 Å². The molecule has 0 saturated heterocycles. The molecule has 39 heavy (non-hydrogen) atoms. The van der Waals surface area contributed by atoms with E-state index in [1.165, 1.54) is 35.0 Å². The van der Waals surface area contributed by atoms with Gasteiger partial charge < -0.3 is 14.7 Å². The van der Waals surface area contributed by atoms with Gasteiger partial charge in [0.1, 0.15) is 5.82 Å². The van der Waals surface area contributed by atoms with Crippen LogP contribution in [0.1, 0.15) is 32.4 Å². The first kappa shape index (κ1) is 26.4. The number of fused-ring (bicyclic) bond motifs is 2. The second-order valence-electron chi connectivity index (χ2n) is 9.34. The Morgan fingerprint density at radius 3 is 2.59 bits per heavy atom. The number of anilines is 2. The highest BCUT2D eigenvalue weighted by Gasteiger charge is 2.30. The van der Waals surface area contributed by atoms with E-state index in [0.29, 0.717) is 21.6 Å². The first-order valence-corrected chi connectivity index (χ1v) is 13.8. The van der Waals surface area contributed by atoms with Crippen molar-refractivity contribution in [3.05, 3.63) is 86.2 Å².